The van der Waals surface area contributed by atoms with Gasteiger partial charge in [-0.3, -0.25) is 4.99 Å². The maximum atomic E-state index is 12.2. The van der Waals surface area contributed by atoms with E-state index in [1.165, 1.54) is 37.8 Å². The Morgan fingerprint density at radius 1 is 1.14 bits per heavy atom. The second-order valence-electron chi connectivity index (χ2n) is 6.87. The molecule has 0 aliphatic carbocycles. The minimum atomic E-state index is -2.86. The number of hydrogen-bond acceptors (Lipinski definition) is 4. The summed E-state index contributed by atoms with van der Waals surface area (Å²) in [7, 11) is 0. The number of guanidine groups is 1. The summed E-state index contributed by atoms with van der Waals surface area (Å²) in [6, 6.07) is 5.97. The third kappa shape index (κ3) is 10.4. The third-order valence-corrected chi connectivity index (χ3v) is 4.68. The zero-order valence-electron chi connectivity index (χ0n) is 16.9. The molecule has 1 aromatic carbocycles. The monoisotopic (exact) mass is 526 g/mol. The summed E-state index contributed by atoms with van der Waals surface area (Å²) in [5.74, 6) is 0.729. The normalized spacial score (nSPS) is 16.7. The number of aliphatic hydroxyl groups is 1. The smallest absolute Gasteiger partial charge is 0.387 e. The molecule has 0 saturated carbocycles. The molecule has 0 radical (unpaired) electrons. The fourth-order valence-electron chi connectivity index (χ4n) is 3.19. The summed E-state index contributed by atoms with van der Waals surface area (Å²) in [6.07, 6.45) is 4.35. The highest BCUT2D eigenvalue weighted by atomic mass is 127. The van der Waals surface area contributed by atoms with Gasteiger partial charge in [-0.2, -0.15) is 8.78 Å². The first kappa shape index (κ1) is 25.8. The summed E-state index contributed by atoms with van der Waals surface area (Å²) in [4.78, 5) is 6.91. The van der Waals surface area contributed by atoms with Crippen LogP contribution in [0.2, 0.25) is 0 Å². The number of hydrogen-bond donors (Lipinski definition) is 3. The molecule has 1 aliphatic heterocycles. The van der Waals surface area contributed by atoms with Crippen molar-refractivity contribution < 1.29 is 18.6 Å². The lowest BCUT2D eigenvalue weighted by molar-refractivity contribution is -0.0498. The van der Waals surface area contributed by atoms with Crippen LogP contribution >= 0.6 is 24.0 Å². The van der Waals surface area contributed by atoms with Crippen molar-refractivity contribution in [3.63, 3.8) is 0 Å². The van der Waals surface area contributed by atoms with Gasteiger partial charge in [0, 0.05) is 19.6 Å². The van der Waals surface area contributed by atoms with E-state index >= 15 is 0 Å². The van der Waals surface area contributed by atoms with E-state index in [4.69, 9.17) is 0 Å². The van der Waals surface area contributed by atoms with Crippen molar-refractivity contribution >= 4 is 29.9 Å². The van der Waals surface area contributed by atoms with Crippen LogP contribution < -0.4 is 15.4 Å². The van der Waals surface area contributed by atoms with Gasteiger partial charge < -0.3 is 25.4 Å². The lowest BCUT2D eigenvalue weighted by Gasteiger charge is -2.21. The maximum Gasteiger partial charge on any atom is 0.387 e. The van der Waals surface area contributed by atoms with Gasteiger partial charge in [-0.15, -0.1) is 24.0 Å². The van der Waals surface area contributed by atoms with Gasteiger partial charge in [-0.1, -0.05) is 25.0 Å². The molecule has 166 valence electrons. The first-order valence-electron chi connectivity index (χ1n) is 10.1. The Morgan fingerprint density at radius 3 is 2.38 bits per heavy atom. The molecule has 6 nitrogen and oxygen atoms in total. The summed E-state index contributed by atoms with van der Waals surface area (Å²) in [6.45, 7) is 4.10. The number of nitrogens with zero attached hydrogens (tertiary/aromatic N) is 2. The zero-order valence-corrected chi connectivity index (χ0v) is 19.3. The van der Waals surface area contributed by atoms with Gasteiger partial charge in [0.05, 0.1) is 12.6 Å². The van der Waals surface area contributed by atoms with Crippen LogP contribution in [0.15, 0.2) is 29.3 Å². The van der Waals surface area contributed by atoms with E-state index in [0.29, 0.717) is 11.5 Å². The standard InChI is InChI=1S/C20H32F2N4O2.HI/c1-2-23-20(24-11-14-26-12-5-3-4-6-13-26)25-15-18(27)16-7-9-17(10-8-16)28-19(21)22;/h7-10,18-19,27H,2-6,11-15H2,1H3,(H2,23,24,25);1H. The van der Waals surface area contributed by atoms with Crippen LogP contribution in [0.3, 0.4) is 0 Å². The highest BCUT2D eigenvalue weighted by molar-refractivity contribution is 14.0. The molecule has 0 aromatic heterocycles. The molecule has 29 heavy (non-hydrogen) atoms. The van der Waals surface area contributed by atoms with Crippen LogP contribution in [0.4, 0.5) is 8.78 Å². The van der Waals surface area contributed by atoms with E-state index < -0.39 is 12.7 Å². The Kier molecular flexibility index (Phi) is 13.1. The number of rotatable bonds is 9. The first-order chi connectivity index (χ1) is 13.6. The van der Waals surface area contributed by atoms with Gasteiger partial charge in [-0.25, -0.2) is 0 Å². The molecule has 1 saturated heterocycles. The van der Waals surface area contributed by atoms with Crippen LogP contribution in [0, 0.1) is 0 Å². The number of alkyl halides is 2. The second-order valence-corrected chi connectivity index (χ2v) is 6.87. The summed E-state index contributed by atoms with van der Waals surface area (Å²) < 4.78 is 28.7. The fraction of sp³-hybridized carbons (Fsp3) is 0.650. The van der Waals surface area contributed by atoms with Crippen molar-refractivity contribution in [1.82, 2.24) is 15.5 Å². The highest BCUT2D eigenvalue weighted by Gasteiger charge is 2.11. The molecule has 3 N–H and O–H groups in total. The van der Waals surface area contributed by atoms with E-state index in [0.717, 1.165) is 32.7 Å². The number of aliphatic imine (C=N–C) groups is 1. The Morgan fingerprint density at radius 2 is 1.79 bits per heavy atom. The molecule has 1 aliphatic rings. The number of benzene rings is 1. The maximum absolute atomic E-state index is 12.2. The third-order valence-electron chi connectivity index (χ3n) is 4.68. The van der Waals surface area contributed by atoms with Gasteiger partial charge in [-0.05, 0) is 50.6 Å². The second kappa shape index (κ2) is 14.7. The Labute approximate surface area is 189 Å². The SMILES string of the molecule is CCNC(=NCC(O)c1ccc(OC(F)F)cc1)NCCN1CCCCCC1.I. The predicted octanol–water partition coefficient (Wildman–Crippen LogP) is 3.37. The van der Waals surface area contributed by atoms with E-state index in [2.05, 4.69) is 25.3 Å². The largest absolute Gasteiger partial charge is 0.435 e. The van der Waals surface area contributed by atoms with Crippen molar-refractivity contribution in [2.75, 3.05) is 39.3 Å². The number of halogens is 3. The Balaban J connectivity index is 0.00000420. The van der Waals surface area contributed by atoms with Crippen LogP contribution in [-0.4, -0.2) is 61.8 Å². The van der Waals surface area contributed by atoms with Crippen molar-refractivity contribution in [2.24, 2.45) is 4.99 Å². The molecule has 0 spiro atoms. The molecule has 0 amide bonds. The fourth-order valence-corrected chi connectivity index (χ4v) is 3.19. The average Bonchev–Trinajstić information content (AvgIpc) is 2.95. The van der Waals surface area contributed by atoms with Crippen molar-refractivity contribution in [1.29, 1.82) is 0 Å². The van der Waals surface area contributed by atoms with Gasteiger partial charge in [0.1, 0.15) is 5.75 Å². The molecule has 2 rings (SSSR count). The minimum absolute atomic E-state index is 0. The van der Waals surface area contributed by atoms with Crippen LogP contribution in [-0.2, 0) is 0 Å². The van der Waals surface area contributed by atoms with Gasteiger partial charge in [0.2, 0.25) is 0 Å². The predicted molar refractivity (Wildman–Crippen MR) is 122 cm³/mol. The van der Waals surface area contributed by atoms with Gasteiger partial charge in [0.25, 0.3) is 0 Å². The number of aliphatic hydroxyl groups excluding tert-OH is 1. The molecule has 1 atom stereocenters. The van der Waals surface area contributed by atoms with Crippen molar-refractivity contribution in [2.45, 2.75) is 45.3 Å². The molecular weight excluding hydrogens is 493 g/mol. The van der Waals surface area contributed by atoms with E-state index in [-0.39, 0.29) is 36.3 Å². The Bertz CT molecular complexity index is 582. The summed E-state index contributed by atoms with van der Waals surface area (Å²) in [5, 5.41) is 16.8. The number of ether oxygens (including phenoxy) is 1. The first-order valence-corrected chi connectivity index (χ1v) is 10.1. The van der Waals surface area contributed by atoms with Gasteiger partial charge >= 0.3 is 6.61 Å². The molecule has 9 heteroatoms. The zero-order chi connectivity index (χ0) is 20.2. The molecular formula is C20H33F2IN4O2. The number of nitrogens with one attached hydrogen (secondary N) is 2. The van der Waals surface area contributed by atoms with Crippen LogP contribution in [0.1, 0.15) is 44.3 Å². The molecule has 0 bridgehead atoms. The molecule has 1 heterocycles. The lowest BCUT2D eigenvalue weighted by Crippen LogP contribution is -2.42. The topological polar surface area (TPSA) is 69.1 Å². The van der Waals surface area contributed by atoms with E-state index in [1.807, 2.05) is 6.92 Å². The van der Waals surface area contributed by atoms with Crippen molar-refractivity contribution in [3.8, 4) is 5.75 Å². The highest BCUT2D eigenvalue weighted by Crippen LogP contribution is 2.19. The Hall–Kier alpha value is -1.20. The lowest BCUT2D eigenvalue weighted by atomic mass is 10.1. The molecule has 1 fully saturated rings. The number of likely N-dealkylation sites (tertiary alicyclic amines) is 1. The molecule has 1 unspecified atom stereocenters. The quantitative estimate of drug-likeness (QED) is 0.262. The summed E-state index contributed by atoms with van der Waals surface area (Å²) in [5.41, 5.74) is 0.603. The van der Waals surface area contributed by atoms with Crippen LogP contribution in [0.5, 0.6) is 5.75 Å². The average molecular weight is 526 g/mol. The van der Waals surface area contributed by atoms with Gasteiger partial charge in [0.15, 0.2) is 5.96 Å². The van der Waals surface area contributed by atoms with Crippen molar-refractivity contribution in [3.05, 3.63) is 29.8 Å². The van der Waals surface area contributed by atoms with E-state index in [9.17, 15) is 13.9 Å². The summed E-state index contributed by atoms with van der Waals surface area (Å²) >= 11 is 0. The minimum Gasteiger partial charge on any atom is -0.435 e. The van der Waals surface area contributed by atoms with Crippen LogP contribution in [0.25, 0.3) is 0 Å². The van der Waals surface area contributed by atoms with E-state index in [1.54, 1.807) is 12.1 Å². The molecule has 1 aromatic rings.